The minimum Gasteiger partial charge on any atom is -0.452 e. The molecule has 0 N–H and O–H groups in total. The lowest BCUT2D eigenvalue weighted by Gasteiger charge is -2.51. The number of halogens is 4. The Bertz CT molecular complexity index is 1230. The van der Waals surface area contributed by atoms with Crippen molar-refractivity contribution >= 4 is 35.1 Å². The van der Waals surface area contributed by atoms with Gasteiger partial charge in [0.2, 0.25) is 0 Å². The molecule has 3 aliphatic rings. The molecule has 2 aromatic rings. The van der Waals surface area contributed by atoms with Crippen LogP contribution < -0.4 is 4.90 Å². The molecule has 7 nitrogen and oxygen atoms in total. The highest BCUT2D eigenvalue weighted by Crippen LogP contribution is 2.56. The summed E-state index contributed by atoms with van der Waals surface area (Å²) in [5.41, 5.74) is 1.46. The number of benzene rings is 1. The summed E-state index contributed by atoms with van der Waals surface area (Å²) in [7, 11) is 2.77. The van der Waals surface area contributed by atoms with E-state index in [-0.39, 0.29) is 5.69 Å². The minimum absolute atomic E-state index is 0.146. The van der Waals surface area contributed by atoms with E-state index < -0.39 is 41.2 Å². The highest BCUT2D eigenvalue weighted by atomic mass is 35.5. The Balaban J connectivity index is 1.31. The maximum absolute atomic E-state index is 14.9. The van der Waals surface area contributed by atoms with E-state index in [0.29, 0.717) is 42.5 Å². The Morgan fingerprint density at radius 3 is 2.78 bits per heavy atom. The number of ether oxygens (including phenoxy) is 2. The van der Waals surface area contributed by atoms with Gasteiger partial charge in [0.25, 0.3) is 5.92 Å². The molecule has 0 aliphatic carbocycles. The van der Waals surface area contributed by atoms with E-state index in [4.69, 9.17) is 21.1 Å². The molecule has 1 amide bonds. The molecule has 200 valence electrons. The lowest BCUT2D eigenvalue weighted by atomic mass is 9.77. The number of para-hydroxylation sites is 1. The van der Waals surface area contributed by atoms with Crippen LogP contribution in [0.5, 0.6) is 0 Å². The summed E-state index contributed by atoms with van der Waals surface area (Å²) in [6, 6.07) is 4.46. The number of likely N-dealkylation sites (tertiary alicyclic amines) is 1. The Kier molecular flexibility index (Phi) is 7.01. The number of alkyl halides is 2. The third-order valence-corrected chi connectivity index (χ3v) is 9.27. The van der Waals surface area contributed by atoms with E-state index in [1.165, 1.54) is 53.7 Å². The van der Waals surface area contributed by atoms with Crippen LogP contribution >= 0.6 is 23.4 Å². The second kappa shape index (κ2) is 9.83. The van der Waals surface area contributed by atoms with Gasteiger partial charge in [-0.25, -0.2) is 22.6 Å². The third-order valence-electron chi connectivity index (χ3n) is 7.54. The zero-order valence-corrected chi connectivity index (χ0v) is 22.3. The van der Waals surface area contributed by atoms with Crippen LogP contribution in [0.3, 0.4) is 0 Å². The number of aryl methyl sites for hydroxylation is 1. The summed E-state index contributed by atoms with van der Waals surface area (Å²) in [5, 5.41) is 4.12. The predicted molar refractivity (Wildman–Crippen MR) is 136 cm³/mol. The topological polar surface area (TPSA) is 59.8 Å². The van der Waals surface area contributed by atoms with Crippen molar-refractivity contribution in [2.75, 3.05) is 38.8 Å². The van der Waals surface area contributed by atoms with E-state index in [2.05, 4.69) is 10.00 Å². The Hall–Kier alpha value is -2.21. The number of carbonyl (C=O) groups excluding carboxylic acids is 1. The molecule has 5 rings (SSSR count). The molecule has 0 radical (unpaired) electrons. The van der Waals surface area contributed by atoms with Crippen LogP contribution in [-0.2, 0) is 16.0 Å². The van der Waals surface area contributed by atoms with Crippen molar-refractivity contribution < 1.29 is 27.4 Å². The van der Waals surface area contributed by atoms with Crippen molar-refractivity contribution in [3.63, 3.8) is 0 Å². The lowest BCUT2D eigenvalue weighted by molar-refractivity contribution is -0.215. The number of aromatic nitrogens is 2. The summed E-state index contributed by atoms with van der Waals surface area (Å²) in [6.07, 6.45) is 3.85. The molecule has 2 atom stereocenters. The van der Waals surface area contributed by atoms with Crippen molar-refractivity contribution in [1.29, 1.82) is 0 Å². The molecule has 12 heteroatoms. The van der Waals surface area contributed by atoms with Gasteiger partial charge >= 0.3 is 6.09 Å². The summed E-state index contributed by atoms with van der Waals surface area (Å²) in [6.45, 7) is 3.14. The molecule has 3 aliphatic heterocycles. The molecule has 1 aromatic carbocycles. The van der Waals surface area contributed by atoms with Crippen molar-refractivity contribution in [2.24, 2.45) is 5.92 Å². The standard InChI is InChI=1S/C25H28ClF3N4O3S/c1-15-16(13-33(30-15)21-18(27)5-4-6-19(21)31(2)23(34)35-3)12-32-9-7-24(8-10-32)22-17(11-20(26)37-22)25(28,29)14-36-24/h4-6,11,13,17,22H,7-10,12,14H2,1-3H3. The van der Waals surface area contributed by atoms with Crippen molar-refractivity contribution in [2.45, 2.75) is 43.1 Å². The van der Waals surface area contributed by atoms with Crippen molar-refractivity contribution in [3.05, 3.63) is 51.9 Å². The van der Waals surface area contributed by atoms with Gasteiger partial charge in [0, 0.05) is 38.4 Å². The lowest BCUT2D eigenvalue weighted by Crippen LogP contribution is -2.61. The van der Waals surface area contributed by atoms with E-state index >= 15 is 0 Å². The summed E-state index contributed by atoms with van der Waals surface area (Å²) in [5.74, 6) is -4.36. The number of carbonyl (C=O) groups is 1. The number of hydrogen-bond acceptors (Lipinski definition) is 6. The first kappa shape index (κ1) is 26.4. The number of piperidine rings is 1. The summed E-state index contributed by atoms with van der Waals surface area (Å²) in [4.78, 5) is 15.5. The van der Waals surface area contributed by atoms with Crippen LogP contribution in [0.1, 0.15) is 24.1 Å². The zero-order chi connectivity index (χ0) is 26.5. The second-order valence-corrected chi connectivity index (χ2v) is 11.6. The molecule has 4 heterocycles. The fourth-order valence-electron chi connectivity index (χ4n) is 5.42. The van der Waals surface area contributed by atoms with Gasteiger partial charge < -0.3 is 9.47 Å². The van der Waals surface area contributed by atoms with Gasteiger partial charge in [-0.3, -0.25) is 9.80 Å². The van der Waals surface area contributed by atoms with Gasteiger partial charge in [-0.2, -0.15) is 5.10 Å². The Labute approximate surface area is 222 Å². The molecular formula is C25H28ClF3N4O3S. The fraction of sp³-hybridized carbons (Fsp3) is 0.520. The SMILES string of the molecule is COC(=O)N(C)c1cccc(F)c1-n1cc(CN2CCC3(CC2)OCC(F)(F)C2C=C(Cl)SC23)c(C)n1. The van der Waals surface area contributed by atoms with Gasteiger partial charge in [0.15, 0.2) is 5.82 Å². The fourth-order valence-corrected chi connectivity index (χ4v) is 7.25. The number of amides is 1. The first-order valence-electron chi connectivity index (χ1n) is 12.0. The molecule has 2 fully saturated rings. The smallest absolute Gasteiger partial charge is 0.413 e. The van der Waals surface area contributed by atoms with Crippen LogP contribution in [-0.4, -0.2) is 71.4 Å². The van der Waals surface area contributed by atoms with E-state index in [9.17, 15) is 18.0 Å². The van der Waals surface area contributed by atoms with Gasteiger partial charge in [0.1, 0.15) is 12.3 Å². The zero-order valence-electron chi connectivity index (χ0n) is 20.7. The number of hydrogen-bond donors (Lipinski definition) is 0. The van der Waals surface area contributed by atoms with Crippen molar-refractivity contribution in [3.8, 4) is 5.69 Å². The number of methoxy groups -OCH3 is 1. The van der Waals surface area contributed by atoms with Crippen LogP contribution in [0.2, 0.25) is 0 Å². The highest BCUT2D eigenvalue weighted by Gasteiger charge is 2.60. The van der Waals surface area contributed by atoms with Gasteiger partial charge in [-0.1, -0.05) is 17.7 Å². The number of thioether (sulfide) groups is 1. The largest absolute Gasteiger partial charge is 0.452 e. The van der Waals surface area contributed by atoms with Gasteiger partial charge in [-0.15, -0.1) is 11.8 Å². The second-order valence-electron chi connectivity index (χ2n) is 9.75. The molecule has 0 saturated carbocycles. The average Bonchev–Trinajstić information content (AvgIpc) is 3.45. The molecule has 1 aromatic heterocycles. The predicted octanol–water partition coefficient (Wildman–Crippen LogP) is 5.33. The maximum Gasteiger partial charge on any atom is 0.413 e. The molecule has 1 spiro atoms. The molecule has 37 heavy (non-hydrogen) atoms. The van der Waals surface area contributed by atoms with Gasteiger partial charge in [-0.05, 0) is 38.0 Å². The highest BCUT2D eigenvalue weighted by molar-refractivity contribution is 8.05. The molecule has 2 saturated heterocycles. The Morgan fingerprint density at radius 2 is 2.08 bits per heavy atom. The third kappa shape index (κ3) is 4.75. The quantitative estimate of drug-likeness (QED) is 0.507. The Morgan fingerprint density at radius 1 is 1.35 bits per heavy atom. The number of allylic oxidation sites excluding steroid dienone is 1. The first-order valence-corrected chi connectivity index (χ1v) is 13.2. The number of rotatable bonds is 4. The van der Waals surface area contributed by atoms with Crippen LogP contribution in [0.15, 0.2) is 34.8 Å². The van der Waals surface area contributed by atoms with Crippen molar-refractivity contribution in [1.82, 2.24) is 14.7 Å². The normalized spacial score (nSPS) is 24.6. The first-order chi connectivity index (χ1) is 17.5. The average molecular weight is 557 g/mol. The summed E-state index contributed by atoms with van der Waals surface area (Å²) < 4.78 is 56.4. The minimum atomic E-state index is -2.92. The molecule has 2 unspecified atom stereocenters. The number of fused-ring (bicyclic) bond motifs is 2. The van der Waals surface area contributed by atoms with Gasteiger partial charge in [0.05, 0.1) is 39.6 Å². The number of anilines is 1. The molecule has 0 bridgehead atoms. The monoisotopic (exact) mass is 556 g/mol. The molecular weight excluding hydrogens is 529 g/mol. The van der Waals surface area contributed by atoms with Crippen LogP contribution in [0, 0.1) is 18.7 Å². The van der Waals surface area contributed by atoms with E-state index in [0.717, 1.165) is 11.3 Å². The van der Waals surface area contributed by atoms with E-state index in [1.807, 2.05) is 6.92 Å². The summed E-state index contributed by atoms with van der Waals surface area (Å²) >= 11 is 7.44. The maximum atomic E-state index is 14.9. The van der Waals surface area contributed by atoms with E-state index in [1.54, 1.807) is 12.3 Å². The van der Waals surface area contributed by atoms with Crippen LogP contribution in [0.25, 0.3) is 5.69 Å². The number of nitrogens with zero attached hydrogens (tertiary/aromatic N) is 4. The van der Waals surface area contributed by atoms with Crippen LogP contribution in [0.4, 0.5) is 23.7 Å².